The van der Waals surface area contributed by atoms with Crippen LogP contribution in [0.3, 0.4) is 0 Å². The van der Waals surface area contributed by atoms with E-state index in [1.54, 1.807) is 0 Å². The minimum atomic E-state index is -0.757. The third-order valence-corrected chi connectivity index (χ3v) is 9.54. The highest BCUT2D eigenvalue weighted by molar-refractivity contribution is 5.71. The summed E-state index contributed by atoms with van der Waals surface area (Å²) in [5.41, 5.74) is 0. The normalized spacial score (nSPS) is 11.9. The number of hydrogen-bond acceptors (Lipinski definition) is 6. The van der Waals surface area contributed by atoms with Gasteiger partial charge in [0.2, 0.25) is 0 Å². The molecule has 0 spiro atoms. The molecule has 0 bridgehead atoms. The van der Waals surface area contributed by atoms with Crippen LogP contribution in [0.15, 0.2) is 0 Å². The van der Waals surface area contributed by atoms with Crippen molar-refractivity contribution in [3.8, 4) is 0 Å². The number of ether oxygens (including phenoxy) is 3. The molecule has 0 aromatic carbocycles. The van der Waals surface area contributed by atoms with Gasteiger partial charge >= 0.3 is 17.9 Å². The Morgan fingerprint density at radius 2 is 0.673 bits per heavy atom. The Kier molecular flexibility index (Phi) is 36.4. The molecule has 0 rings (SSSR count). The Hall–Kier alpha value is -1.59. The smallest absolute Gasteiger partial charge is 0.306 e. The van der Waals surface area contributed by atoms with Gasteiger partial charge in [-0.15, -0.1) is 0 Å². The summed E-state index contributed by atoms with van der Waals surface area (Å²) in [4.78, 5) is 37.5. The highest BCUT2D eigenvalue weighted by Gasteiger charge is 2.19. The Morgan fingerprint density at radius 1 is 0.388 bits per heavy atom. The molecule has 0 amide bonds. The third kappa shape index (κ3) is 37.5. The van der Waals surface area contributed by atoms with Crippen molar-refractivity contribution >= 4 is 17.9 Å². The molecule has 0 aliphatic carbocycles. The molecule has 6 heteroatoms. The fourth-order valence-electron chi connectivity index (χ4n) is 6.27. The summed E-state index contributed by atoms with van der Waals surface area (Å²) >= 11 is 0. The SMILES string of the molecule is CCCCCCCCCCCCCCC(=O)OC[C@H](COC(=O)CCCCCCCCCCCC(C)C)OC(=O)CCCCCCCCC. The summed E-state index contributed by atoms with van der Waals surface area (Å²) in [6.45, 7) is 8.92. The molecule has 0 unspecified atom stereocenters. The van der Waals surface area contributed by atoms with E-state index in [-0.39, 0.29) is 31.1 Å². The van der Waals surface area contributed by atoms with Crippen LogP contribution in [-0.4, -0.2) is 37.2 Å². The van der Waals surface area contributed by atoms with Gasteiger partial charge in [0, 0.05) is 19.3 Å². The number of carbonyl (C=O) groups is 3. The molecule has 0 saturated heterocycles. The van der Waals surface area contributed by atoms with Crippen LogP contribution in [0, 0.1) is 5.92 Å². The summed E-state index contributed by atoms with van der Waals surface area (Å²) < 4.78 is 16.6. The first-order valence-electron chi connectivity index (χ1n) is 21.4. The average molecular weight is 695 g/mol. The maximum absolute atomic E-state index is 12.6. The van der Waals surface area contributed by atoms with Gasteiger partial charge in [-0.3, -0.25) is 14.4 Å². The van der Waals surface area contributed by atoms with Gasteiger partial charge in [0.1, 0.15) is 13.2 Å². The molecule has 0 N–H and O–H groups in total. The van der Waals surface area contributed by atoms with Crippen LogP contribution in [0.1, 0.15) is 233 Å². The summed E-state index contributed by atoms with van der Waals surface area (Å²) in [6.07, 6.45) is 35.2. The summed E-state index contributed by atoms with van der Waals surface area (Å²) in [6, 6.07) is 0. The van der Waals surface area contributed by atoms with E-state index in [0.717, 1.165) is 63.7 Å². The number of rotatable bonds is 38. The maximum atomic E-state index is 12.6. The Morgan fingerprint density at radius 3 is 1.00 bits per heavy atom. The van der Waals surface area contributed by atoms with E-state index in [1.165, 1.54) is 128 Å². The summed E-state index contributed by atoms with van der Waals surface area (Å²) in [7, 11) is 0. The molecule has 1 atom stereocenters. The van der Waals surface area contributed by atoms with Gasteiger partial charge in [0.25, 0.3) is 0 Å². The second-order valence-corrected chi connectivity index (χ2v) is 15.1. The van der Waals surface area contributed by atoms with E-state index < -0.39 is 6.10 Å². The topological polar surface area (TPSA) is 78.9 Å². The summed E-state index contributed by atoms with van der Waals surface area (Å²) in [5.74, 6) is -0.0571. The first kappa shape index (κ1) is 47.4. The van der Waals surface area contributed by atoms with Gasteiger partial charge in [-0.05, 0) is 25.2 Å². The number of unbranched alkanes of at least 4 members (excludes halogenated alkanes) is 25. The molecule has 0 fully saturated rings. The fraction of sp³-hybridized carbons (Fsp3) is 0.930. The van der Waals surface area contributed by atoms with Crippen molar-refractivity contribution < 1.29 is 28.6 Å². The summed E-state index contributed by atoms with van der Waals surface area (Å²) in [5, 5.41) is 0. The predicted octanol–water partition coefficient (Wildman–Crippen LogP) is 13.2. The van der Waals surface area contributed by atoms with Gasteiger partial charge in [-0.2, -0.15) is 0 Å². The highest BCUT2D eigenvalue weighted by atomic mass is 16.6. The van der Waals surface area contributed by atoms with Crippen molar-refractivity contribution in [1.82, 2.24) is 0 Å². The van der Waals surface area contributed by atoms with E-state index in [1.807, 2.05) is 0 Å². The second-order valence-electron chi connectivity index (χ2n) is 15.1. The molecule has 49 heavy (non-hydrogen) atoms. The van der Waals surface area contributed by atoms with Crippen molar-refractivity contribution in [3.05, 3.63) is 0 Å². The monoisotopic (exact) mass is 695 g/mol. The minimum Gasteiger partial charge on any atom is -0.462 e. The zero-order chi connectivity index (χ0) is 36.0. The van der Waals surface area contributed by atoms with Crippen LogP contribution in [0.2, 0.25) is 0 Å². The third-order valence-electron chi connectivity index (χ3n) is 9.54. The molecule has 0 aliphatic rings. The lowest BCUT2D eigenvalue weighted by atomic mass is 10.0. The zero-order valence-corrected chi connectivity index (χ0v) is 33.1. The van der Waals surface area contributed by atoms with E-state index in [4.69, 9.17) is 14.2 Å². The van der Waals surface area contributed by atoms with E-state index in [0.29, 0.717) is 19.3 Å². The van der Waals surface area contributed by atoms with Crippen LogP contribution >= 0.6 is 0 Å². The quantitative estimate of drug-likeness (QED) is 0.0364. The van der Waals surface area contributed by atoms with Crippen LogP contribution in [0.5, 0.6) is 0 Å². The van der Waals surface area contributed by atoms with Crippen LogP contribution in [0.25, 0.3) is 0 Å². The largest absolute Gasteiger partial charge is 0.462 e. The number of hydrogen-bond donors (Lipinski definition) is 0. The van der Waals surface area contributed by atoms with Crippen molar-refractivity contribution in [3.63, 3.8) is 0 Å². The molecule has 0 heterocycles. The molecule has 6 nitrogen and oxygen atoms in total. The lowest BCUT2D eigenvalue weighted by molar-refractivity contribution is -0.167. The average Bonchev–Trinajstić information content (AvgIpc) is 3.08. The predicted molar refractivity (Wildman–Crippen MR) is 206 cm³/mol. The van der Waals surface area contributed by atoms with E-state index in [2.05, 4.69) is 27.7 Å². The lowest BCUT2D eigenvalue weighted by Crippen LogP contribution is -2.30. The molecular weight excluding hydrogens is 612 g/mol. The Bertz CT molecular complexity index is 736. The second kappa shape index (κ2) is 37.7. The Labute approximate surface area is 304 Å². The van der Waals surface area contributed by atoms with E-state index in [9.17, 15) is 14.4 Å². The van der Waals surface area contributed by atoms with Crippen LogP contribution in [0.4, 0.5) is 0 Å². The van der Waals surface area contributed by atoms with Gasteiger partial charge in [-0.1, -0.05) is 195 Å². The van der Waals surface area contributed by atoms with Gasteiger partial charge in [0.15, 0.2) is 6.10 Å². The maximum Gasteiger partial charge on any atom is 0.306 e. The molecule has 0 radical (unpaired) electrons. The molecule has 0 saturated carbocycles. The van der Waals surface area contributed by atoms with Gasteiger partial charge in [0.05, 0.1) is 0 Å². The van der Waals surface area contributed by atoms with Gasteiger partial charge in [-0.25, -0.2) is 0 Å². The first-order chi connectivity index (χ1) is 23.9. The molecule has 0 aromatic heterocycles. The molecule has 0 aromatic rings. The fourth-order valence-corrected chi connectivity index (χ4v) is 6.27. The van der Waals surface area contributed by atoms with E-state index >= 15 is 0 Å². The van der Waals surface area contributed by atoms with Gasteiger partial charge < -0.3 is 14.2 Å². The first-order valence-corrected chi connectivity index (χ1v) is 21.4. The van der Waals surface area contributed by atoms with Crippen molar-refractivity contribution in [1.29, 1.82) is 0 Å². The van der Waals surface area contributed by atoms with Crippen molar-refractivity contribution in [2.24, 2.45) is 5.92 Å². The standard InChI is InChI=1S/C43H82O6/c1-5-7-9-11-13-14-15-16-19-23-26-30-34-41(44)47-37-40(49-43(46)36-32-28-21-12-10-8-6-2)38-48-42(45)35-31-27-24-20-17-18-22-25-29-33-39(3)4/h39-40H,5-38H2,1-4H3/t40-/m1/s1. The highest BCUT2D eigenvalue weighted by Crippen LogP contribution is 2.15. The molecule has 0 aliphatic heterocycles. The number of carbonyl (C=O) groups excluding carboxylic acids is 3. The van der Waals surface area contributed by atoms with Crippen molar-refractivity contribution in [2.45, 2.75) is 239 Å². The Balaban J connectivity index is 4.27. The van der Waals surface area contributed by atoms with Crippen LogP contribution < -0.4 is 0 Å². The van der Waals surface area contributed by atoms with Crippen LogP contribution in [-0.2, 0) is 28.6 Å². The molecular formula is C43H82O6. The molecule has 290 valence electrons. The number of esters is 3. The van der Waals surface area contributed by atoms with Crippen molar-refractivity contribution in [2.75, 3.05) is 13.2 Å². The zero-order valence-electron chi connectivity index (χ0n) is 33.1. The minimum absolute atomic E-state index is 0.0649. The lowest BCUT2D eigenvalue weighted by Gasteiger charge is -2.18.